The number of aryl methyl sites for hydroxylation is 1. The van der Waals surface area contributed by atoms with Crippen LogP contribution in [-0.4, -0.2) is 62.2 Å². The minimum absolute atomic E-state index is 0.199. The number of ether oxygens (including phenoxy) is 3. The first-order chi connectivity index (χ1) is 16.3. The number of esters is 1. The first kappa shape index (κ1) is 27.4. The Labute approximate surface area is 203 Å². The van der Waals surface area contributed by atoms with E-state index in [1.807, 2.05) is 6.92 Å². The summed E-state index contributed by atoms with van der Waals surface area (Å²) in [7, 11) is 3.05. The molecule has 0 saturated carbocycles. The summed E-state index contributed by atoms with van der Waals surface area (Å²) in [5.74, 6) is 0.0212. The van der Waals surface area contributed by atoms with E-state index in [1.165, 1.54) is 38.1 Å². The van der Waals surface area contributed by atoms with Gasteiger partial charge >= 0.3 is 5.97 Å². The number of rotatable bonds is 13. The Morgan fingerprint density at radius 1 is 0.971 bits per heavy atom. The molecule has 9 heteroatoms. The van der Waals surface area contributed by atoms with Gasteiger partial charge in [-0.1, -0.05) is 0 Å². The minimum atomic E-state index is -0.628. The number of benzene rings is 2. The first-order valence-electron chi connectivity index (χ1n) is 11.0. The normalized spacial score (nSPS) is 10.6. The van der Waals surface area contributed by atoms with E-state index in [-0.39, 0.29) is 17.6 Å². The van der Waals surface area contributed by atoms with Crippen LogP contribution in [0, 0.1) is 18.6 Å². The van der Waals surface area contributed by atoms with Gasteiger partial charge in [0.05, 0.1) is 26.6 Å². The van der Waals surface area contributed by atoms with E-state index >= 15 is 0 Å². The van der Waals surface area contributed by atoms with E-state index in [1.54, 1.807) is 24.0 Å². The summed E-state index contributed by atoms with van der Waals surface area (Å²) >= 11 is 1.38. The highest BCUT2D eigenvalue weighted by Gasteiger charge is 2.19. The number of thioether (sulfide) groups is 1. The lowest BCUT2D eigenvalue weighted by molar-refractivity contribution is -0.139. The summed E-state index contributed by atoms with van der Waals surface area (Å²) in [6.07, 6.45) is 0.923. The Morgan fingerprint density at radius 3 is 2.15 bits per heavy atom. The highest BCUT2D eigenvalue weighted by Crippen LogP contribution is 2.30. The van der Waals surface area contributed by atoms with Crippen LogP contribution in [-0.2, 0) is 16.0 Å². The summed E-state index contributed by atoms with van der Waals surface area (Å²) < 4.78 is 42.7. The van der Waals surface area contributed by atoms with E-state index in [0.29, 0.717) is 60.9 Å². The first-order valence-corrected chi connectivity index (χ1v) is 12.1. The monoisotopic (exact) mass is 495 g/mol. The molecule has 2 rings (SSSR count). The third-order valence-corrected chi connectivity index (χ3v) is 6.04. The molecule has 186 valence electrons. The molecule has 0 bridgehead atoms. The fourth-order valence-corrected chi connectivity index (χ4v) is 4.21. The van der Waals surface area contributed by atoms with Crippen LogP contribution in [0.3, 0.4) is 0 Å². The largest absolute Gasteiger partial charge is 0.496 e. The van der Waals surface area contributed by atoms with Gasteiger partial charge in [0.15, 0.2) is 0 Å². The Hall–Kier alpha value is -2.81. The molecule has 0 aliphatic rings. The van der Waals surface area contributed by atoms with Crippen LogP contribution in [0.2, 0.25) is 0 Å². The summed E-state index contributed by atoms with van der Waals surface area (Å²) in [6, 6.07) is 6.75. The molecule has 2 aromatic rings. The summed E-state index contributed by atoms with van der Waals surface area (Å²) in [5.41, 5.74) is 1.72. The van der Waals surface area contributed by atoms with Crippen LogP contribution in [0.5, 0.6) is 11.5 Å². The van der Waals surface area contributed by atoms with Gasteiger partial charge in [0.1, 0.15) is 23.1 Å². The maximum atomic E-state index is 13.5. The number of carbonyl (C=O) groups excluding carboxylic acids is 2. The molecule has 1 amide bonds. The molecule has 0 saturated heterocycles. The number of hydrogen-bond acceptors (Lipinski definition) is 6. The van der Waals surface area contributed by atoms with Crippen molar-refractivity contribution in [3.05, 3.63) is 58.7 Å². The van der Waals surface area contributed by atoms with Gasteiger partial charge in [-0.05, 0) is 56.5 Å². The van der Waals surface area contributed by atoms with Crippen molar-refractivity contribution in [3.63, 3.8) is 0 Å². The second kappa shape index (κ2) is 13.8. The maximum absolute atomic E-state index is 13.5. The van der Waals surface area contributed by atoms with Crippen molar-refractivity contribution in [2.75, 3.05) is 45.4 Å². The third kappa shape index (κ3) is 8.20. The molecule has 34 heavy (non-hydrogen) atoms. The van der Waals surface area contributed by atoms with Crippen molar-refractivity contribution in [3.8, 4) is 11.5 Å². The van der Waals surface area contributed by atoms with Gasteiger partial charge in [-0.25, -0.2) is 8.78 Å². The van der Waals surface area contributed by atoms with Crippen molar-refractivity contribution in [2.45, 2.75) is 26.7 Å². The topological polar surface area (TPSA) is 65.1 Å². The smallest absolute Gasteiger partial charge is 0.315 e. The van der Waals surface area contributed by atoms with Crippen LogP contribution in [0.15, 0.2) is 30.3 Å². The van der Waals surface area contributed by atoms with E-state index in [9.17, 15) is 18.4 Å². The van der Waals surface area contributed by atoms with Crippen molar-refractivity contribution in [1.82, 2.24) is 4.90 Å². The number of halogens is 2. The van der Waals surface area contributed by atoms with Crippen molar-refractivity contribution in [2.24, 2.45) is 0 Å². The lowest BCUT2D eigenvalue weighted by Crippen LogP contribution is -2.34. The summed E-state index contributed by atoms with van der Waals surface area (Å²) in [5, 5.41) is 0. The average molecular weight is 496 g/mol. The van der Waals surface area contributed by atoms with Gasteiger partial charge in [-0.15, -0.1) is 11.8 Å². The SMILES string of the molecule is CCOC(=O)CSCCN(CCCc1cc(F)cc(F)c1)C(=O)c1cc(OC)c(C)c(OC)c1. The lowest BCUT2D eigenvalue weighted by atomic mass is 10.1. The number of carbonyl (C=O) groups is 2. The van der Waals surface area contributed by atoms with E-state index < -0.39 is 11.6 Å². The second-order valence-electron chi connectivity index (χ2n) is 7.54. The molecule has 0 aliphatic carbocycles. The number of hydrogen-bond donors (Lipinski definition) is 0. The lowest BCUT2D eigenvalue weighted by Gasteiger charge is -2.24. The van der Waals surface area contributed by atoms with Crippen LogP contribution >= 0.6 is 11.8 Å². The van der Waals surface area contributed by atoms with E-state index in [4.69, 9.17) is 14.2 Å². The zero-order valence-corrected chi connectivity index (χ0v) is 20.8. The van der Waals surface area contributed by atoms with Crippen LogP contribution in [0.1, 0.15) is 34.8 Å². The minimum Gasteiger partial charge on any atom is -0.496 e. The van der Waals surface area contributed by atoms with Crippen LogP contribution < -0.4 is 9.47 Å². The van der Waals surface area contributed by atoms with Gasteiger partial charge in [0.25, 0.3) is 5.91 Å². The Bertz CT molecular complexity index is 941. The molecular weight excluding hydrogens is 464 g/mol. The van der Waals surface area contributed by atoms with Crippen molar-refractivity contribution >= 4 is 23.6 Å². The zero-order chi connectivity index (χ0) is 25.1. The number of nitrogens with zero attached hydrogens (tertiary/aromatic N) is 1. The fourth-order valence-electron chi connectivity index (χ4n) is 3.47. The summed E-state index contributed by atoms with van der Waals surface area (Å²) in [6.45, 7) is 4.67. The predicted octanol–water partition coefficient (Wildman–Crippen LogP) is 4.66. The molecule has 0 fully saturated rings. The van der Waals surface area contributed by atoms with Gasteiger partial charge in [0.2, 0.25) is 0 Å². The maximum Gasteiger partial charge on any atom is 0.315 e. The second-order valence-corrected chi connectivity index (χ2v) is 8.64. The summed E-state index contributed by atoms with van der Waals surface area (Å²) in [4.78, 5) is 26.6. The van der Waals surface area contributed by atoms with Crippen molar-refractivity contribution < 1.29 is 32.6 Å². The highest BCUT2D eigenvalue weighted by atomic mass is 32.2. The molecule has 0 heterocycles. The number of methoxy groups -OCH3 is 2. The third-order valence-electron chi connectivity index (χ3n) is 5.13. The van der Waals surface area contributed by atoms with Gasteiger partial charge in [-0.3, -0.25) is 9.59 Å². The average Bonchev–Trinajstić information content (AvgIpc) is 2.80. The Balaban J connectivity index is 2.13. The van der Waals surface area contributed by atoms with Gasteiger partial charge in [0, 0.05) is 36.0 Å². The molecule has 2 aromatic carbocycles. The molecule has 0 atom stereocenters. The Kier molecular flexibility index (Phi) is 11.1. The fraction of sp³-hybridized carbons (Fsp3) is 0.440. The quantitative estimate of drug-likeness (QED) is 0.298. The predicted molar refractivity (Wildman–Crippen MR) is 129 cm³/mol. The highest BCUT2D eigenvalue weighted by molar-refractivity contribution is 7.99. The number of amides is 1. The van der Waals surface area contributed by atoms with Gasteiger partial charge in [-0.2, -0.15) is 0 Å². The molecule has 0 radical (unpaired) electrons. The van der Waals surface area contributed by atoms with E-state index in [0.717, 1.165) is 11.6 Å². The molecule has 0 aliphatic heterocycles. The molecule has 0 N–H and O–H groups in total. The molecular formula is C25H31F2NO5S. The van der Waals surface area contributed by atoms with Gasteiger partial charge < -0.3 is 19.1 Å². The molecule has 6 nitrogen and oxygen atoms in total. The zero-order valence-electron chi connectivity index (χ0n) is 20.0. The van der Waals surface area contributed by atoms with Crippen molar-refractivity contribution in [1.29, 1.82) is 0 Å². The van der Waals surface area contributed by atoms with Crippen LogP contribution in [0.4, 0.5) is 8.78 Å². The Morgan fingerprint density at radius 2 is 1.59 bits per heavy atom. The van der Waals surface area contributed by atoms with E-state index in [2.05, 4.69) is 0 Å². The standard InChI is InChI=1S/C25H31F2NO5S/c1-5-33-24(29)16-34-10-9-28(8-6-7-18-11-20(26)15-21(27)12-18)25(30)19-13-22(31-3)17(2)23(14-19)32-4/h11-15H,5-10,16H2,1-4H3. The van der Waals surface area contributed by atoms with Crippen LogP contribution in [0.25, 0.3) is 0 Å². The molecule has 0 spiro atoms. The molecule has 0 unspecified atom stereocenters. The molecule has 0 aromatic heterocycles.